The average molecular weight is 331 g/mol. The van der Waals surface area contributed by atoms with Gasteiger partial charge in [-0.3, -0.25) is 0 Å². The van der Waals surface area contributed by atoms with Crippen molar-refractivity contribution in [1.29, 1.82) is 0 Å². The smallest absolute Gasteiger partial charge is 0.0606 e. The van der Waals surface area contributed by atoms with Crippen LogP contribution in [0.1, 0.15) is 0 Å². The van der Waals surface area contributed by atoms with E-state index in [1.807, 2.05) is 11.0 Å². The highest BCUT2D eigenvalue weighted by molar-refractivity contribution is 6.07. The van der Waals surface area contributed by atoms with Crippen molar-refractivity contribution in [1.82, 2.24) is 0 Å². The van der Waals surface area contributed by atoms with E-state index in [9.17, 15) is 10.2 Å². The van der Waals surface area contributed by atoms with Gasteiger partial charge in [0.15, 0.2) is 0 Å². The molecule has 0 heterocycles. The molecule has 0 aliphatic heterocycles. The fourth-order valence-corrected chi connectivity index (χ4v) is 3.57. The van der Waals surface area contributed by atoms with Crippen LogP contribution in [0.2, 0.25) is 0 Å². The molecular weight excluding hydrogens is 310 g/mol. The SMILES string of the molecule is OCCN(CCO)c1cccc2cc3cc4ccccc4cc3cc12. The lowest BCUT2D eigenvalue weighted by atomic mass is 9.98. The van der Waals surface area contributed by atoms with Gasteiger partial charge in [-0.2, -0.15) is 0 Å². The summed E-state index contributed by atoms with van der Waals surface area (Å²) in [6, 6.07) is 23.5. The maximum Gasteiger partial charge on any atom is 0.0606 e. The van der Waals surface area contributed by atoms with Crippen molar-refractivity contribution in [2.45, 2.75) is 0 Å². The Morgan fingerprint density at radius 1 is 0.600 bits per heavy atom. The molecule has 4 rings (SSSR count). The number of benzene rings is 4. The summed E-state index contributed by atoms with van der Waals surface area (Å²) in [6.07, 6.45) is 0. The van der Waals surface area contributed by atoms with Crippen LogP contribution in [0.5, 0.6) is 0 Å². The predicted octanol–water partition coefficient (Wildman–Crippen LogP) is 3.94. The second-order valence-electron chi connectivity index (χ2n) is 6.33. The fraction of sp³-hybridized carbons (Fsp3) is 0.182. The van der Waals surface area contributed by atoms with Crippen LogP contribution in [-0.2, 0) is 0 Å². The van der Waals surface area contributed by atoms with E-state index < -0.39 is 0 Å². The Bertz CT molecular complexity index is 1040. The number of aliphatic hydroxyl groups is 2. The van der Waals surface area contributed by atoms with Gasteiger partial charge in [0, 0.05) is 24.2 Å². The monoisotopic (exact) mass is 331 g/mol. The van der Waals surface area contributed by atoms with Crippen LogP contribution in [0, 0.1) is 0 Å². The largest absolute Gasteiger partial charge is 0.395 e. The second-order valence-corrected chi connectivity index (χ2v) is 6.33. The Kier molecular flexibility index (Phi) is 4.26. The minimum atomic E-state index is 0.0641. The highest BCUT2D eigenvalue weighted by atomic mass is 16.3. The van der Waals surface area contributed by atoms with Gasteiger partial charge < -0.3 is 15.1 Å². The molecule has 25 heavy (non-hydrogen) atoms. The molecule has 0 saturated heterocycles. The Morgan fingerprint density at radius 3 is 1.80 bits per heavy atom. The van der Waals surface area contributed by atoms with E-state index in [0.717, 1.165) is 11.1 Å². The first kappa shape index (κ1) is 15.9. The van der Waals surface area contributed by atoms with Gasteiger partial charge in [-0.15, -0.1) is 0 Å². The minimum absolute atomic E-state index is 0.0641. The summed E-state index contributed by atoms with van der Waals surface area (Å²) in [5.41, 5.74) is 1.05. The molecule has 0 unspecified atom stereocenters. The first-order chi connectivity index (χ1) is 12.3. The van der Waals surface area contributed by atoms with Crippen molar-refractivity contribution in [2.75, 3.05) is 31.2 Å². The summed E-state index contributed by atoms with van der Waals surface area (Å²) in [7, 11) is 0. The topological polar surface area (TPSA) is 43.7 Å². The summed E-state index contributed by atoms with van der Waals surface area (Å²) in [5, 5.41) is 25.9. The molecule has 2 N–H and O–H groups in total. The summed E-state index contributed by atoms with van der Waals surface area (Å²) in [4.78, 5) is 2.04. The number of anilines is 1. The lowest BCUT2D eigenvalue weighted by Crippen LogP contribution is -2.29. The molecule has 0 saturated carbocycles. The summed E-state index contributed by atoms with van der Waals surface area (Å²) >= 11 is 0. The summed E-state index contributed by atoms with van der Waals surface area (Å²) in [5.74, 6) is 0. The number of fused-ring (bicyclic) bond motifs is 3. The van der Waals surface area contributed by atoms with Crippen LogP contribution < -0.4 is 4.90 Å². The maximum absolute atomic E-state index is 9.36. The van der Waals surface area contributed by atoms with E-state index in [4.69, 9.17) is 0 Å². The average Bonchev–Trinajstić information content (AvgIpc) is 2.64. The maximum atomic E-state index is 9.36. The quantitative estimate of drug-likeness (QED) is 0.545. The van der Waals surface area contributed by atoms with Crippen molar-refractivity contribution >= 4 is 38.0 Å². The van der Waals surface area contributed by atoms with Crippen molar-refractivity contribution in [2.24, 2.45) is 0 Å². The molecule has 0 amide bonds. The number of nitrogens with zero attached hydrogens (tertiary/aromatic N) is 1. The van der Waals surface area contributed by atoms with Gasteiger partial charge in [0.05, 0.1) is 13.2 Å². The zero-order valence-corrected chi connectivity index (χ0v) is 14.0. The van der Waals surface area contributed by atoms with Crippen LogP contribution in [0.3, 0.4) is 0 Å². The van der Waals surface area contributed by atoms with Crippen LogP contribution >= 0.6 is 0 Å². The van der Waals surface area contributed by atoms with Crippen molar-refractivity contribution in [3.63, 3.8) is 0 Å². The van der Waals surface area contributed by atoms with Crippen LogP contribution in [0.15, 0.2) is 66.7 Å². The molecule has 0 aliphatic carbocycles. The van der Waals surface area contributed by atoms with Gasteiger partial charge in [0.2, 0.25) is 0 Å². The molecule has 0 radical (unpaired) electrons. The third kappa shape index (κ3) is 2.93. The molecule has 3 nitrogen and oxygen atoms in total. The summed E-state index contributed by atoms with van der Waals surface area (Å²) < 4.78 is 0. The molecule has 0 atom stereocenters. The lowest BCUT2D eigenvalue weighted by molar-refractivity contribution is 0.281. The van der Waals surface area contributed by atoms with Gasteiger partial charge in [-0.25, -0.2) is 0 Å². The molecule has 126 valence electrons. The standard InChI is InChI=1S/C22H21NO2/c24-10-8-23(9-11-25)22-7-3-6-18-14-19-12-16-4-1-2-5-17(16)13-20(19)15-21(18)22/h1-7,12-15,24-25H,8-11H2. The highest BCUT2D eigenvalue weighted by Crippen LogP contribution is 2.32. The molecule has 0 spiro atoms. The second kappa shape index (κ2) is 6.71. The van der Waals surface area contributed by atoms with Crippen molar-refractivity contribution in [3.8, 4) is 0 Å². The van der Waals surface area contributed by atoms with E-state index in [0.29, 0.717) is 13.1 Å². The van der Waals surface area contributed by atoms with E-state index in [1.165, 1.54) is 26.9 Å². The first-order valence-electron chi connectivity index (χ1n) is 8.62. The molecule has 0 aromatic heterocycles. The van der Waals surface area contributed by atoms with E-state index in [2.05, 4.69) is 60.7 Å². The highest BCUT2D eigenvalue weighted by Gasteiger charge is 2.10. The van der Waals surface area contributed by atoms with Gasteiger partial charge in [-0.05, 0) is 57.3 Å². The van der Waals surface area contributed by atoms with Crippen LogP contribution in [-0.4, -0.2) is 36.5 Å². The number of rotatable bonds is 5. The Morgan fingerprint density at radius 2 is 1.16 bits per heavy atom. The van der Waals surface area contributed by atoms with E-state index in [1.54, 1.807) is 0 Å². The number of hydrogen-bond donors (Lipinski definition) is 2. The van der Waals surface area contributed by atoms with Crippen LogP contribution in [0.4, 0.5) is 5.69 Å². The molecule has 0 aliphatic rings. The van der Waals surface area contributed by atoms with Crippen LogP contribution in [0.25, 0.3) is 32.3 Å². The normalized spacial score (nSPS) is 11.4. The molecule has 0 fully saturated rings. The van der Waals surface area contributed by atoms with Gasteiger partial charge in [0.1, 0.15) is 0 Å². The Balaban J connectivity index is 1.96. The third-order valence-corrected chi connectivity index (χ3v) is 4.76. The predicted molar refractivity (Wildman–Crippen MR) is 105 cm³/mol. The Hall–Kier alpha value is -2.62. The summed E-state index contributed by atoms with van der Waals surface area (Å²) in [6.45, 7) is 1.15. The number of aliphatic hydroxyl groups excluding tert-OH is 2. The van der Waals surface area contributed by atoms with Gasteiger partial charge in [-0.1, -0.05) is 36.4 Å². The number of hydrogen-bond acceptors (Lipinski definition) is 3. The molecule has 0 bridgehead atoms. The van der Waals surface area contributed by atoms with Gasteiger partial charge in [0.25, 0.3) is 0 Å². The van der Waals surface area contributed by atoms with Crippen molar-refractivity contribution in [3.05, 3.63) is 66.7 Å². The fourth-order valence-electron chi connectivity index (χ4n) is 3.57. The zero-order chi connectivity index (χ0) is 17.2. The molecular formula is C22H21NO2. The molecule has 3 heteroatoms. The zero-order valence-electron chi connectivity index (χ0n) is 14.0. The first-order valence-corrected chi connectivity index (χ1v) is 8.62. The van der Waals surface area contributed by atoms with E-state index >= 15 is 0 Å². The lowest BCUT2D eigenvalue weighted by Gasteiger charge is -2.24. The van der Waals surface area contributed by atoms with E-state index in [-0.39, 0.29) is 13.2 Å². The van der Waals surface area contributed by atoms with Crippen molar-refractivity contribution < 1.29 is 10.2 Å². The minimum Gasteiger partial charge on any atom is -0.395 e. The van der Waals surface area contributed by atoms with Gasteiger partial charge >= 0.3 is 0 Å². The third-order valence-electron chi connectivity index (χ3n) is 4.76. The Labute approximate surface area is 146 Å². The molecule has 4 aromatic carbocycles. The molecule has 4 aromatic rings.